The number of morpholine rings is 1. The van der Waals surface area contributed by atoms with Gasteiger partial charge in [-0.2, -0.15) is 0 Å². The molecule has 1 aliphatic rings. The summed E-state index contributed by atoms with van der Waals surface area (Å²) in [7, 11) is 1.33. The molecule has 3 aromatic rings. The van der Waals surface area contributed by atoms with E-state index in [2.05, 4.69) is 9.88 Å². The third kappa shape index (κ3) is 5.57. The lowest BCUT2D eigenvalue weighted by atomic mass is 10.1. The molecule has 7 nitrogen and oxygen atoms in total. The lowest BCUT2D eigenvalue weighted by Crippen LogP contribution is -2.43. The Morgan fingerprint density at radius 3 is 2.53 bits per heavy atom. The molecule has 0 N–H and O–H groups in total. The number of thiazole rings is 1. The van der Waals surface area contributed by atoms with Crippen molar-refractivity contribution in [2.75, 3.05) is 51.4 Å². The van der Waals surface area contributed by atoms with Gasteiger partial charge in [0.05, 0.1) is 36.1 Å². The predicted molar refractivity (Wildman–Crippen MR) is 129 cm³/mol. The molecule has 0 aliphatic carbocycles. The Bertz CT molecular complexity index is 1080. The Balaban J connectivity index is 0.00000289. The zero-order valence-corrected chi connectivity index (χ0v) is 19.8. The third-order valence-electron chi connectivity index (χ3n) is 5.11. The van der Waals surface area contributed by atoms with Crippen molar-refractivity contribution >= 4 is 62.6 Å². The molecular formula is C22H23Cl2N3O4S. The van der Waals surface area contributed by atoms with Gasteiger partial charge in [0, 0.05) is 36.8 Å². The quantitative estimate of drug-likeness (QED) is 0.478. The Morgan fingerprint density at radius 1 is 1.16 bits per heavy atom. The first-order valence-electron chi connectivity index (χ1n) is 9.91. The summed E-state index contributed by atoms with van der Waals surface area (Å²) in [4.78, 5) is 33.8. The zero-order valence-electron chi connectivity index (χ0n) is 17.5. The number of methoxy groups -OCH3 is 1. The molecule has 170 valence electrons. The van der Waals surface area contributed by atoms with E-state index in [1.54, 1.807) is 35.2 Å². The van der Waals surface area contributed by atoms with Crippen LogP contribution in [0.4, 0.5) is 5.13 Å². The highest BCUT2D eigenvalue weighted by atomic mass is 35.5. The average molecular weight is 496 g/mol. The Kier molecular flexibility index (Phi) is 8.44. The van der Waals surface area contributed by atoms with E-state index >= 15 is 0 Å². The van der Waals surface area contributed by atoms with Crippen LogP contribution in [-0.2, 0) is 9.47 Å². The maximum Gasteiger partial charge on any atom is 0.337 e. The van der Waals surface area contributed by atoms with E-state index in [9.17, 15) is 9.59 Å². The molecule has 0 spiro atoms. The maximum absolute atomic E-state index is 13.4. The van der Waals surface area contributed by atoms with Gasteiger partial charge in [-0.3, -0.25) is 14.6 Å². The average Bonchev–Trinajstić information content (AvgIpc) is 3.22. The number of esters is 1. The summed E-state index contributed by atoms with van der Waals surface area (Å²) in [5, 5.41) is 1.25. The van der Waals surface area contributed by atoms with Crippen LogP contribution >= 0.6 is 35.3 Å². The van der Waals surface area contributed by atoms with Gasteiger partial charge in [0.2, 0.25) is 0 Å². The van der Waals surface area contributed by atoms with Crippen molar-refractivity contribution in [3.05, 3.63) is 58.6 Å². The molecule has 1 aromatic heterocycles. The molecule has 10 heteroatoms. The fourth-order valence-electron chi connectivity index (χ4n) is 3.37. The van der Waals surface area contributed by atoms with E-state index in [1.165, 1.54) is 18.4 Å². The summed E-state index contributed by atoms with van der Waals surface area (Å²) in [6.45, 7) is 4.28. The van der Waals surface area contributed by atoms with Gasteiger partial charge in [0.15, 0.2) is 5.13 Å². The summed E-state index contributed by atoms with van der Waals surface area (Å²) in [5.41, 5.74) is 1.68. The molecule has 2 heterocycles. The second-order valence-corrected chi connectivity index (χ2v) is 8.53. The van der Waals surface area contributed by atoms with Crippen LogP contribution in [0.5, 0.6) is 0 Å². The summed E-state index contributed by atoms with van der Waals surface area (Å²) in [6.07, 6.45) is 0. The fraction of sp³-hybridized carbons (Fsp3) is 0.318. The van der Waals surface area contributed by atoms with Crippen molar-refractivity contribution in [3.63, 3.8) is 0 Å². The van der Waals surface area contributed by atoms with E-state index in [0.717, 1.165) is 23.3 Å². The first-order chi connectivity index (χ1) is 15.0. The Hall–Kier alpha value is -2.23. The number of benzene rings is 2. The highest BCUT2D eigenvalue weighted by Gasteiger charge is 2.23. The first-order valence-corrected chi connectivity index (χ1v) is 11.1. The summed E-state index contributed by atoms with van der Waals surface area (Å²) in [6, 6.07) is 12.0. The van der Waals surface area contributed by atoms with E-state index in [1.807, 2.05) is 12.1 Å². The Labute approximate surface area is 201 Å². The predicted octanol–water partition coefficient (Wildman–Crippen LogP) is 4.14. The molecule has 1 aliphatic heterocycles. The van der Waals surface area contributed by atoms with Crippen molar-refractivity contribution in [2.45, 2.75) is 0 Å². The second-order valence-electron chi connectivity index (χ2n) is 7.09. The van der Waals surface area contributed by atoms with Gasteiger partial charge < -0.3 is 9.47 Å². The van der Waals surface area contributed by atoms with Crippen molar-refractivity contribution in [2.24, 2.45) is 0 Å². The van der Waals surface area contributed by atoms with Crippen LogP contribution in [0.25, 0.3) is 10.2 Å². The molecule has 0 radical (unpaired) electrons. The van der Waals surface area contributed by atoms with Gasteiger partial charge in [0.25, 0.3) is 5.91 Å². The van der Waals surface area contributed by atoms with Crippen LogP contribution < -0.4 is 4.90 Å². The molecule has 0 atom stereocenters. The number of nitrogens with zero attached hydrogens (tertiary/aromatic N) is 3. The van der Waals surface area contributed by atoms with Crippen LogP contribution in [-0.4, -0.2) is 68.3 Å². The SMILES string of the molecule is COC(=O)c1ccc(C(=O)N(CCN2CCOCC2)c2nc3ccc(Cl)cc3s2)cc1.Cl. The van der Waals surface area contributed by atoms with Crippen molar-refractivity contribution in [1.82, 2.24) is 9.88 Å². The number of amides is 1. The normalized spacial score (nSPS) is 14.1. The van der Waals surface area contributed by atoms with Crippen LogP contribution in [0.2, 0.25) is 5.02 Å². The van der Waals surface area contributed by atoms with Crippen LogP contribution in [0.1, 0.15) is 20.7 Å². The molecule has 1 amide bonds. The molecule has 0 bridgehead atoms. The smallest absolute Gasteiger partial charge is 0.337 e. The molecule has 1 fully saturated rings. The van der Waals surface area contributed by atoms with Crippen LogP contribution in [0, 0.1) is 0 Å². The minimum absolute atomic E-state index is 0. The standard InChI is InChI=1S/C22H22ClN3O4S.ClH/c1-29-21(28)16-4-2-15(3-5-16)20(27)26(9-8-25-10-12-30-13-11-25)22-24-18-7-6-17(23)14-19(18)31-22;/h2-7,14H,8-13H2,1H3;1H. The minimum Gasteiger partial charge on any atom is -0.465 e. The van der Waals surface area contributed by atoms with Crippen molar-refractivity contribution < 1.29 is 19.1 Å². The van der Waals surface area contributed by atoms with Crippen molar-refractivity contribution in [3.8, 4) is 0 Å². The van der Waals surface area contributed by atoms with Gasteiger partial charge in [-0.05, 0) is 42.5 Å². The third-order valence-corrected chi connectivity index (χ3v) is 6.39. The van der Waals surface area contributed by atoms with E-state index in [0.29, 0.717) is 47.6 Å². The van der Waals surface area contributed by atoms with Crippen molar-refractivity contribution in [1.29, 1.82) is 0 Å². The molecule has 0 saturated carbocycles. The van der Waals surface area contributed by atoms with Gasteiger partial charge in [-0.15, -0.1) is 12.4 Å². The number of carbonyl (C=O) groups is 2. The van der Waals surface area contributed by atoms with E-state index in [4.69, 9.17) is 21.1 Å². The summed E-state index contributed by atoms with van der Waals surface area (Å²) >= 11 is 7.56. The lowest BCUT2D eigenvalue weighted by Gasteiger charge is -2.29. The van der Waals surface area contributed by atoms with Gasteiger partial charge in [-0.1, -0.05) is 22.9 Å². The van der Waals surface area contributed by atoms with Gasteiger partial charge >= 0.3 is 5.97 Å². The number of hydrogen-bond donors (Lipinski definition) is 0. The number of ether oxygens (including phenoxy) is 2. The fourth-order valence-corrected chi connectivity index (χ4v) is 4.64. The molecular weight excluding hydrogens is 473 g/mol. The summed E-state index contributed by atoms with van der Waals surface area (Å²) in [5.74, 6) is -0.610. The van der Waals surface area contributed by atoms with Crippen LogP contribution in [0.3, 0.4) is 0 Å². The minimum atomic E-state index is -0.439. The molecule has 0 unspecified atom stereocenters. The molecule has 2 aromatic carbocycles. The number of rotatable bonds is 6. The number of halogens is 2. The Morgan fingerprint density at radius 2 is 1.84 bits per heavy atom. The van der Waals surface area contributed by atoms with E-state index in [-0.39, 0.29) is 18.3 Å². The van der Waals surface area contributed by atoms with Gasteiger partial charge in [-0.25, -0.2) is 9.78 Å². The van der Waals surface area contributed by atoms with Gasteiger partial charge in [0.1, 0.15) is 0 Å². The highest BCUT2D eigenvalue weighted by molar-refractivity contribution is 7.22. The lowest BCUT2D eigenvalue weighted by molar-refractivity contribution is 0.0391. The molecule has 32 heavy (non-hydrogen) atoms. The highest BCUT2D eigenvalue weighted by Crippen LogP contribution is 2.31. The number of anilines is 1. The monoisotopic (exact) mass is 495 g/mol. The summed E-state index contributed by atoms with van der Waals surface area (Å²) < 4.78 is 11.1. The largest absolute Gasteiger partial charge is 0.465 e. The number of carbonyl (C=O) groups excluding carboxylic acids is 2. The maximum atomic E-state index is 13.4. The number of aromatic nitrogens is 1. The first kappa shape index (κ1) is 24.4. The van der Waals surface area contributed by atoms with E-state index < -0.39 is 5.97 Å². The number of fused-ring (bicyclic) bond motifs is 1. The molecule has 1 saturated heterocycles. The number of hydrogen-bond acceptors (Lipinski definition) is 7. The zero-order chi connectivity index (χ0) is 21.8. The molecule has 4 rings (SSSR count). The van der Waals surface area contributed by atoms with Crippen LogP contribution in [0.15, 0.2) is 42.5 Å². The second kappa shape index (κ2) is 11.1. The topological polar surface area (TPSA) is 72.0 Å².